The minimum Gasteiger partial charge on any atom is -0.342 e. The smallest absolute Gasteiger partial charge is 0.323 e. The zero-order valence-corrected chi connectivity index (χ0v) is 16.6. The number of aryl methyl sites for hydroxylation is 4. The fraction of sp³-hybridized carbons (Fsp3) is 0.167. The van der Waals surface area contributed by atoms with Gasteiger partial charge in [0.15, 0.2) is 0 Å². The van der Waals surface area contributed by atoms with Gasteiger partial charge < -0.3 is 15.6 Å². The third kappa shape index (κ3) is 4.82. The molecule has 0 aliphatic rings. The summed E-state index contributed by atoms with van der Waals surface area (Å²) in [5, 5.41) is 5.82. The molecular formula is C24H24N4O. The highest BCUT2D eigenvalue weighted by molar-refractivity contribution is 5.99. The first-order chi connectivity index (χ1) is 14.0. The summed E-state index contributed by atoms with van der Waals surface area (Å²) in [7, 11) is 0. The van der Waals surface area contributed by atoms with Crippen molar-refractivity contribution in [1.29, 1.82) is 0 Å². The van der Waals surface area contributed by atoms with Gasteiger partial charge >= 0.3 is 6.03 Å². The van der Waals surface area contributed by atoms with Gasteiger partial charge in [-0.25, -0.2) is 9.78 Å². The van der Waals surface area contributed by atoms with E-state index >= 15 is 0 Å². The van der Waals surface area contributed by atoms with Crippen LogP contribution in [0.2, 0.25) is 0 Å². The van der Waals surface area contributed by atoms with Crippen LogP contribution in [0.1, 0.15) is 22.5 Å². The molecular weight excluding hydrogens is 360 g/mol. The van der Waals surface area contributed by atoms with E-state index in [1.165, 1.54) is 0 Å². The van der Waals surface area contributed by atoms with E-state index in [4.69, 9.17) is 0 Å². The number of aromatic nitrogens is 2. The van der Waals surface area contributed by atoms with Crippen molar-refractivity contribution >= 4 is 28.4 Å². The van der Waals surface area contributed by atoms with Crippen molar-refractivity contribution in [3.63, 3.8) is 0 Å². The zero-order chi connectivity index (χ0) is 20.2. The Kier molecular flexibility index (Phi) is 5.29. The predicted octanol–water partition coefficient (Wildman–Crippen LogP) is 5.61. The Hall–Kier alpha value is -3.60. The Bertz CT molecular complexity index is 1110. The quantitative estimate of drug-likeness (QED) is 0.419. The maximum atomic E-state index is 12.4. The van der Waals surface area contributed by atoms with Crippen LogP contribution in [-0.4, -0.2) is 16.0 Å². The summed E-state index contributed by atoms with van der Waals surface area (Å²) in [6.45, 7) is 4.03. The molecule has 0 radical (unpaired) electrons. The normalized spacial score (nSPS) is 10.8. The van der Waals surface area contributed by atoms with Crippen LogP contribution in [0.15, 0.2) is 66.7 Å². The third-order valence-corrected chi connectivity index (χ3v) is 4.75. The molecule has 0 fully saturated rings. The largest absolute Gasteiger partial charge is 0.342 e. The molecule has 0 saturated carbocycles. The van der Waals surface area contributed by atoms with Crippen molar-refractivity contribution in [3.8, 4) is 0 Å². The molecule has 5 heteroatoms. The highest BCUT2D eigenvalue weighted by atomic mass is 16.2. The van der Waals surface area contributed by atoms with Gasteiger partial charge in [0.25, 0.3) is 0 Å². The van der Waals surface area contributed by atoms with E-state index < -0.39 is 0 Å². The van der Waals surface area contributed by atoms with Gasteiger partial charge in [0, 0.05) is 17.8 Å². The summed E-state index contributed by atoms with van der Waals surface area (Å²) < 4.78 is 0. The lowest BCUT2D eigenvalue weighted by Gasteiger charge is -2.10. The van der Waals surface area contributed by atoms with Crippen LogP contribution in [0.25, 0.3) is 11.0 Å². The zero-order valence-electron chi connectivity index (χ0n) is 16.6. The summed E-state index contributed by atoms with van der Waals surface area (Å²) >= 11 is 0. The van der Waals surface area contributed by atoms with Gasteiger partial charge in [-0.2, -0.15) is 0 Å². The number of urea groups is 1. The van der Waals surface area contributed by atoms with Gasteiger partial charge in [-0.15, -0.1) is 0 Å². The number of nitrogens with one attached hydrogen (secondary N) is 3. The van der Waals surface area contributed by atoms with E-state index in [0.717, 1.165) is 57.8 Å². The molecule has 29 heavy (non-hydrogen) atoms. The van der Waals surface area contributed by atoms with Crippen LogP contribution in [0.5, 0.6) is 0 Å². The van der Waals surface area contributed by atoms with Gasteiger partial charge in [0.05, 0.1) is 11.0 Å². The van der Waals surface area contributed by atoms with Gasteiger partial charge in [-0.1, -0.05) is 30.3 Å². The fourth-order valence-corrected chi connectivity index (χ4v) is 3.53. The van der Waals surface area contributed by atoms with Crippen LogP contribution in [0.3, 0.4) is 0 Å². The number of aromatic amines is 1. The van der Waals surface area contributed by atoms with Crippen LogP contribution >= 0.6 is 0 Å². The number of rotatable bonds is 5. The standard InChI is InChI=1S/C24H24N4O/c1-16-12-17(2)14-20(13-16)26-24(29)25-19-7-5-6-18(15-19)10-11-23-27-21-8-3-4-9-22(21)28-23/h3-9,12-15H,10-11H2,1-2H3,(H,27,28)(H2,25,26,29). The van der Waals surface area contributed by atoms with E-state index in [9.17, 15) is 4.79 Å². The molecule has 0 bridgehead atoms. The van der Waals surface area contributed by atoms with E-state index in [-0.39, 0.29) is 6.03 Å². The second kappa shape index (κ2) is 8.19. The molecule has 0 unspecified atom stereocenters. The number of carbonyl (C=O) groups excluding carboxylic acids is 1. The van der Waals surface area contributed by atoms with Crippen molar-refractivity contribution in [2.45, 2.75) is 26.7 Å². The molecule has 1 heterocycles. The molecule has 2 amide bonds. The van der Waals surface area contributed by atoms with Crippen LogP contribution in [0, 0.1) is 13.8 Å². The number of fused-ring (bicyclic) bond motifs is 1. The highest BCUT2D eigenvalue weighted by Crippen LogP contribution is 2.17. The maximum absolute atomic E-state index is 12.4. The van der Waals surface area contributed by atoms with Crippen molar-refractivity contribution in [3.05, 3.63) is 89.2 Å². The van der Waals surface area contributed by atoms with Crippen molar-refractivity contribution in [2.75, 3.05) is 10.6 Å². The van der Waals surface area contributed by atoms with Gasteiger partial charge in [0.2, 0.25) is 0 Å². The summed E-state index contributed by atoms with van der Waals surface area (Å²) in [5.74, 6) is 0.970. The summed E-state index contributed by atoms with van der Waals surface area (Å²) in [6, 6.07) is 21.7. The number of nitrogens with zero attached hydrogens (tertiary/aromatic N) is 1. The lowest BCUT2D eigenvalue weighted by atomic mass is 10.1. The minimum atomic E-state index is -0.246. The molecule has 3 N–H and O–H groups in total. The minimum absolute atomic E-state index is 0.246. The number of carbonyl (C=O) groups is 1. The molecule has 0 aliphatic heterocycles. The van der Waals surface area contributed by atoms with E-state index in [2.05, 4.69) is 32.7 Å². The molecule has 0 saturated heterocycles. The number of hydrogen-bond donors (Lipinski definition) is 3. The predicted molar refractivity (Wildman–Crippen MR) is 119 cm³/mol. The number of para-hydroxylation sites is 2. The Morgan fingerprint density at radius 1 is 0.862 bits per heavy atom. The molecule has 5 nitrogen and oxygen atoms in total. The number of benzene rings is 3. The molecule has 4 rings (SSSR count). The number of imidazole rings is 1. The molecule has 0 aliphatic carbocycles. The van der Waals surface area contributed by atoms with E-state index in [1.807, 2.05) is 68.4 Å². The summed E-state index contributed by atoms with van der Waals surface area (Å²) in [6.07, 6.45) is 1.65. The topological polar surface area (TPSA) is 69.8 Å². The summed E-state index contributed by atoms with van der Waals surface area (Å²) in [5.41, 5.74) is 6.99. The molecule has 0 spiro atoms. The first-order valence-corrected chi connectivity index (χ1v) is 9.74. The first-order valence-electron chi connectivity index (χ1n) is 9.74. The molecule has 146 valence electrons. The van der Waals surface area contributed by atoms with Crippen molar-refractivity contribution in [1.82, 2.24) is 9.97 Å². The molecule has 0 atom stereocenters. The number of hydrogen-bond acceptors (Lipinski definition) is 2. The van der Waals surface area contributed by atoms with Gasteiger partial charge in [-0.05, 0) is 73.4 Å². The number of anilines is 2. The molecule has 4 aromatic rings. The average Bonchev–Trinajstić information content (AvgIpc) is 3.09. The molecule has 3 aromatic carbocycles. The van der Waals surface area contributed by atoms with Crippen LogP contribution in [0.4, 0.5) is 16.2 Å². The second-order valence-electron chi connectivity index (χ2n) is 7.36. The second-order valence-corrected chi connectivity index (χ2v) is 7.36. The number of amides is 2. The monoisotopic (exact) mass is 384 g/mol. The van der Waals surface area contributed by atoms with E-state index in [0.29, 0.717) is 0 Å². The Morgan fingerprint density at radius 2 is 1.62 bits per heavy atom. The van der Waals surface area contributed by atoms with Crippen molar-refractivity contribution in [2.24, 2.45) is 0 Å². The highest BCUT2D eigenvalue weighted by Gasteiger charge is 2.06. The third-order valence-electron chi connectivity index (χ3n) is 4.75. The van der Waals surface area contributed by atoms with Gasteiger partial charge in [0.1, 0.15) is 5.82 Å². The molecule has 1 aromatic heterocycles. The lowest BCUT2D eigenvalue weighted by Crippen LogP contribution is -2.19. The van der Waals surface area contributed by atoms with Crippen LogP contribution in [-0.2, 0) is 12.8 Å². The first kappa shape index (κ1) is 18.7. The Labute approximate surface area is 170 Å². The number of H-pyrrole nitrogens is 1. The maximum Gasteiger partial charge on any atom is 0.323 e. The summed E-state index contributed by atoms with van der Waals surface area (Å²) in [4.78, 5) is 20.3. The average molecular weight is 384 g/mol. The lowest BCUT2D eigenvalue weighted by molar-refractivity contribution is 0.262. The van der Waals surface area contributed by atoms with Crippen LogP contribution < -0.4 is 10.6 Å². The Balaban J connectivity index is 1.38. The van der Waals surface area contributed by atoms with Crippen molar-refractivity contribution < 1.29 is 4.79 Å². The SMILES string of the molecule is Cc1cc(C)cc(NC(=O)Nc2cccc(CCc3nc4ccccc4[nH]3)c2)c1. The fourth-order valence-electron chi connectivity index (χ4n) is 3.53. The Morgan fingerprint density at radius 3 is 2.41 bits per heavy atom. The van der Waals surface area contributed by atoms with Gasteiger partial charge in [-0.3, -0.25) is 0 Å². The van der Waals surface area contributed by atoms with E-state index in [1.54, 1.807) is 0 Å².